The summed E-state index contributed by atoms with van der Waals surface area (Å²) in [4.78, 5) is 0. The average molecular weight is 469 g/mol. The molecule has 186 valence electrons. The van der Waals surface area contributed by atoms with E-state index in [1.54, 1.807) is 6.08 Å². The number of unbranched alkanes of at least 4 members (excludes halogenated alkanes) is 7. The van der Waals surface area contributed by atoms with Gasteiger partial charge in [-0.2, -0.15) is 0 Å². The molecule has 0 spiro atoms. The summed E-state index contributed by atoms with van der Waals surface area (Å²) < 4.78 is 32.3. The van der Waals surface area contributed by atoms with Gasteiger partial charge in [-0.3, -0.25) is 0 Å². The van der Waals surface area contributed by atoms with E-state index in [0.29, 0.717) is 5.56 Å². The lowest BCUT2D eigenvalue weighted by Gasteiger charge is -2.30. The van der Waals surface area contributed by atoms with Crippen molar-refractivity contribution in [1.29, 1.82) is 0 Å². The van der Waals surface area contributed by atoms with E-state index in [9.17, 15) is 8.78 Å². The number of fused-ring (bicyclic) bond motifs is 3. The highest BCUT2D eigenvalue weighted by molar-refractivity contribution is 6.04. The van der Waals surface area contributed by atoms with Crippen molar-refractivity contribution in [1.82, 2.24) is 4.57 Å². The van der Waals surface area contributed by atoms with Crippen LogP contribution in [0, 0.1) is 6.92 Å². The zero-order chi connectivity index (χ0) is 24.3. The molecule has 1 aromatic carbocycles. The molecule has 1 N–H and O–H groups in total. The minimum atomic E-state index is -2.89. The van der Waals surface area contributed by atoms with Crippen LogP contribution < -0.4 is 5.32 Å². The van der Waals surface area contributed by atoms with Gasteiger partial charge < -0.3 is 9.88 Å². The quantitative estimate of drug-likeness (QED) is 0.325. The third kappa shape index (κ3) is 4.97. The Morgan fingerprint density at radius 2 is 1.65 bits per heavy atom. The molecular weight excluding hydrogens is 426 g/mol. The summed E-state index contributed by atoms with van der Waals surface area (Å²) in [5, 5.41) is 4.51. The van der Waals surface area contributed by atoms with Crippen molar-refractivity contribution in [3.05, 3.63) is 46.3 Å². The summed E-state index contributed by atoms with van der Waals surface area (Å²) in [7, 11) is 0. The van der Waals surface area contributed by atoms with Gasteiger partial charge >= 0.3 is 0 Å². The summed E-state index contributed by atoms with van der Waals surface area (Å²) in [6.07, 6.45) is 16.1. The van der Waals surface area contributed by atoms with Gasteiger partial charge in [0.1, 0.15) is 0 Å². The van der Waals surface area contributed by atoms with Crippen molar-refractivity contribution in [2.24, 2.45) is 0 Å². The lowest BCUT2D eigenvalue weighted by atomic mass is 9.85. The second-order valence-electron chi connectivity index (χ2n) is 10.4. The molecule has 4 rings (SSSR count). The maximum absolute atomic E-state index is 15.0. The second-order valence-corrected chi connectivity index (χ2v) is 10.4. The first-order chi connectivity index (χ1) is 16.4. The van der Waals surface area contributed by atoms with Gasteiger partial charge in [0.25, 0.3) is 5.92 Å². The zero-order valence-corrected chi connectivity index (χ0v) is 21.6. The molecule has 4 heteroatoms. The fourth-order valence-corrected chi connectivity index (χ4v) is 5.74. The molecule has 2 nitrogen and oxygen atoms in total. The highest BCUT2D eigenvalue weighted by atomic mass is 19.3. The largest absolute Gasteiger partial charge is 0.355 e. The number of halogens is 2. The second kappa shape index (κ2) is 10.7. The average Bonchev–Trinajstić information content (AvgIpc) is 3.04. The first-order valence-electron chi connectivity index (χ1n) is 13.6. The molecule has 1 aliphatic carbocycles. The molecule has 0 amide bonds. The summed E-state index contributed by atoms with van der Waals surface area (Å²) in [6.45, 7) is 8.57. The monoisotopic (exact) mass is 468 g/mol. The predicted molar refractivity (Wildman–Crippen MR) is 142 cm³/mol. The molecule has 2 aliphatic rings. The maximum Gasteiger partial charge on any atom is 0.271 e. The smallest absolute Gasteiger partial charge is 0.271 e. The van der Waals surface area contributed by atoms with Crippen LogP contribution in [0.5, 0.6) is 0 Å². The molecule has 0 saturated heterocycles. The van der Waals surface area contributed by atoms with Crippen molar-refractivity contribution in [2.75, 3.05) is 5.32 Å². The fourth-order valence-electron chi connectivity index (χ4n) is 5.74. The van der Waals surface area contributed by atoms with Crippen molar-refractivity contribution in [2.45, 2.75) is 117 Å². The van der Waals surface area contributed by atoms with Crippen molar-refractivity contribution < 1.29 is 8.78 Å². The van der Waals surface area contributed by atoms with Crippen LogP contribution in [0.15, 0.2) is 29.5 Å². The number of rotatable bonds is 11. The van der Waals surface area contributed by atoms with Crippen molar-refractivity contribution in [3.8, 4) is 0 Å². The molecule has 1 fully saturated rings. The third-order valence-electron chi connectivity index (χ3n) is 7.82. The summed E-state index contributed by atoms with van der Waals surface area (Å²) in [5.74, 6) is -2.89. The highest BCUT2D eigenvalue weighted by Crippen LogP contribution is 2.47. The van der Waals surface area contributed by atoms with E-state index < -0.39 is 5.92 Å². The lowest BCUT2D eigenvalue weighted by molar-refractivity contribution is 0.0892. The van der Waals surface area contributed by atoms with Gasteiger partial charge in [0.2, 0.25) is 0 Å². The number of hydrogen-bond acceptors (Lipinski definition) is 1. The van der Waals surface area contributed by atoms with E-state index in [4.69, 9.17) is 0 Å². The zero-order valence-electron chi connectivity index (χ0n) is 21.6. The molecule has 1 aromatic heterocycles. The SMILES string of the molecule is CCCCCCCCCCn1c(CC)c(C)c2c3c(ccc21)NC(=C1CCC1)C=C3C(C)(F)F. The maximum atomic E-state index is 15.0. The molecule has 0 bridgehead atoms. The summed E-state index contributed by atoms with van der Waals surface area (Å²) in [6, 6.07) is 4.18. The molecule has 34 heavy (non-hydrogen) atoms. The van der Waals surface area contributed by atoms with Gasteiger partial charge in [0.15, 0.2) is 0 Å². The van der Waals surface area contributed by atoms with Crippen molar-refractivity contribution in [3.63, 3.8) is 0 Å². The summed E-state index contributed by atoms with van der Waals surface area (Å²) in [5.41, 5.74) is 7.40. The van der Waals surface area contributed by atoms with E-state index in [-0.39, 0.29) is 5.57 Å². The highest BCUT2D eigenvalue weighted by Gasteiger charge is 2.36. The first-order valence-corrected chi connectivity index (χ1v) is 13.6. The van der Waals surface area contributed by atoms with E-state index in [1.165, 1.54) is 56.2 Å². The third-order valence-corrected chi connectivity index (χ3v) is 7.82. The van der Waals surface area contributed by atoms with E-state index in [1.807, 2.05) is 6.07 Å². The molecule has 0 unspecified atom stereocenters. The van der Waals surface area contributed by atoms with Crippen LogP contribution in [0.1, 0.15) is 108 Å². The Balaban J connectivity index is 1.64. The number of aryl methyl sites for hydroxylation is 2. The minimum Gasteiger partial charge on any atom is -0.355 e. The van der Waals surface area contributed by atoms with E-state index in [2.05, 4.69) is 36.7 Å². The van der Waals surface area contributed by atoms with E-state index >= 15 is 0 Å². The van der Waals surface area contributed by atoms with Gasteiger partial charge in [-0.1, -0.05) is 58.8 Å². The van der Waals surface area contributed by atoms with Gasteiger partial charge in [-0.25, -0.2) is 8.78 Å². The molecule has 2 aromatic rings. The Labute approximate surface area is 204 Å². The predicted octanol–water partition coefficient (Wildman–Crippen LogP) is 9.55. The standard InChI is InChI=1S/C30H42F2N2/c1-5-7-8-9-10-11-12-13-19-34-26(6-2)21(3)28-27(34)18-17-24-29(28)23(30(4,31)32)20-25(33-24)22-15-14-16-22/h17-18,20,33H,5-16,19H2,1-4H3. The van der Waals surface area contributed by atoms with E-state index in [0.717, 1.165) is 73.4 Å². The Morgan fingerprint density at radius 3 is 2.24 bits per heavy atom. The van der Waals surface area contributed by atoms with Crippen molar-refractivity contribution >= 4 is 22.2 Å². The lowest BCUT2D eigenvalue weighted by Crippen LogP contribution is -2.20. The van der Waals surface area contributed by atoms with Gasteiger partial charge in [0.05, 0.1) is 0 Å². The number of nitrogens with one attached hydrogen (secondary N) is 1. The van der Waals surface area contributed by atoms with Crippen LogP contribution in [-0.4, -0.2) is 10.5 Å². The number of anilines is 1. The Morgan fingerprint density at radius 1 is 0.971 bits per heavy atom. The van der Waals surface area contributed by atoms with Crippen LogP contribution in [-0.2, 0) is 13.0 Å². The topological polar surface area (TPSA) is 17.0 Å². The van der Waals surface area contributed by atoms with Gasteiger partial charge in [-0.15, -0.1) is 0 Å². The van der Waals surface area contributed by atoms with Crippen LogP contribution in [0.2, 0.25) is 0 Å². The molecule has 0 radical (unpaired) electrons. The van der Waals surface area contributed by atoms with Crippen LogP contribution in [0.4, 0.5) is 14.5 Å². The molecule has 0 atom stereocenters. The molecular formula is C30H42F2N2. The number of aromatic nitrogens is 1. The molecule has 1 saturated carbocycles. The molecule has 1 aliphatic heterocycles. The molecule has 2 heterocycles. The Bertz CT molecular complexity index is 1080. The van der Waals surface area contributed by atoms with Crippen LogP contribution >= 0.6 is 0 Å². The minimum absolute atomic E-state index is 0.163. The Kier molecular flexibility index (Phi) is 7.84. The number of allylic oxidation sites excluding steroid dienone is 3. The van der Waals surface area contributed by atoms with Crippen LogP contribution in [0.3, 0.4) is 0 Å². The van der Waals surface area contributed by atoms with Gasteiger partial charge in [-0.05, 0) is 68.4 Å². The van der Waals surface area contributed by atoms with Crippen LogP contribution in [0.25, 0.3) is 16.5 Å². The summed E-state index contributed by atoms with van der Waals surface area (Å²) >= 11 is 0. The number of benzene rings is 1. The normalized spacial score (nSPS) is 15.9. The fraction of sp³-hybridized carbons (Fsp3) is 0.600. The Hall–Kier alpha value is -2.10. The number of alkyl halides is 2. The number of hydrogen-bond donors (Lipinski definition) is 1. The van der Waals surface area contributed by atoms with Gasteiger partial charge in [0, 0.05) is 52.6 Å². The first kappa shape index (κ1) is 25.0. The number of nitrogens with zero attached hydrogens (tertiary/aromatic N) is 1.